The maximum absolute atomic E-state index is 14.5. The fraction of sp³-hybridized carbons (Fsp3) is 0.698. The summed E-state index contributed by atoms with van der Waals surface area (Å²) in [7, 11) is 0. The van der Waals surface area contributed by atoms with Gasteiger partial charge in [0.1, 0.15) is 42.0 Å². The van der Waals surface area contributed by atoms with E-state index in [1.807, 2.05) is 0 Å². The number of unbranched alkanes of at least 4 members (excludes halogenated alkanes) is 5. The summed E-state index contributed by atoms with van der Waals surface area (Å²) in [5.41, 5.74) is 6.12. The molecule has 23 nitrogen and oxygen atoms in total. The van der Waals surface area contributed by atoms with Gasteiger partial charge >= 0.3 is 0 Å². The zero-order valence-corrected chi connectivity index (χ0v) is 44.4. The third kappa shape index (κ3) is 18.5. The van der Waals surface area contributed by atoms with Crippen LogP contribution in [0.15, 0.2) is 30.9 Å². The van der Waals surface area contributed by atoms with Gasteiger partial charge in [0.15, 0.2) is 0 Å². The number of aliphatic hydroxyl groups excluding tert-OH is 6. The van der Waals surface area contributed by atoms with Gasteiger partial charge in [-0.05, 0) is 61.6 Å². The lowest BCUT2D eigenvalue weighted by molar-refractivity contribution is -0.147. The number of nitrogens with zero attached hydrogens (tertiary/aromatic N) is 2. The van der Waals surface area contributed by atoms with Crippen molar-refractivity contribution in [1.82, 2.24) is 36.4 Å². The highest BCUT2D eigenvalue weighted by atomic mass is 16.3. The molecular formula is C53H84N8O15. The van der Waals surface area contributed by atoms with Gasteiger partial charge in [0.25, 0.3) is 0 Å². The van der Waals surface area contributed by atoms with Crippen LogP contribution in [-0.2, 0) is 51.2 Å². The van der Waals surface area contributed by atoms with Gasteiger partial charge in [-0.25, -0.2) is 0 Å². The zero-order valence-electron chi connectivity index (χ0n) is 44.4. The maximum atomic E-state index is 14.5. The highest BCUT2D eigenvalue weighted by Crippen LogP contribution is 2.26. The minimum atomic E-state index is -2.11. The predicted molar refractivity (Wildman–Crippen MR) is 277 cm³/mol. The first-order valence-electron chi connectivity index (χ1n) is 26.8. The van der Waals surface area contributed by atoms with Crippen LogP contribution in [-0.4, -0.2) is 185 Å². The number of phenolic OH excluding ortho intramolecular Hbond substituents is 1. The minimum absolute atomic E-state index is 0.000668. The molecule has 0 spiro atoms. The van der Waals surface area contributed by atoms with Gasteiger partial charge in [0, 0.05) is 45.3 Å². The van der Waals surface area contributed by atoms with E-state index in [2.05, 4.69) is 53.9 Å². The van der Waals surface area contributed by atoms with Crippen molar-refractivity contribution >= 4 is 47.3 Å². The maximum Gasteiger partial charge on any atom is 0.248 e. The summed E-state index contributed by atoms with van der Waals surface area (Å²) in [6, 6.07) is -6.63. The molecule has 0 bridgehead atoms. The average molecular weight is 1070 g/mol. The van der Waals surface area contributed by atoms with Crippen LogP contribution in [0.3, 0.4) is 0 Å². The number of amides is 8. The number of benzene rings is 1. The van der Waals surface area contributed by atoms with E-state index in [0.29, 0.717) is 29.4 Å². The largest absolute Gasteiger partial charge is 0.508 e. The molecule has 3 heterocycles. The van der Waals surface area contributed by atoms with Crippen molar-refractivity contribution in [3.63, 3.8) is 0 Å². The number of hydrogen-bond donors (Lipinski definition) is 13. The van der Waals surface area contributed by atoms with Crippen LogP contribution in [0, 0.1) is 11.8 Å². The minimum Gasteiger partial charge on any atom is -0.508 e. The molecule has 76 heavy (non-hydrogen) atoms. The Kier molecular flexibility index (Phi) is 25.0. The SMILES string of the molecule is C=CCc1cc(C[C@@H](O)[C@@H]2NC(=O)[C@@H]3C[C@@H](O)CN3C(=O)[C@H]([C@H](C)O)NC(=O)C(NC(=O)CCCCCCCCC(C)CC(C)CC)C[C@@H](O)CNC(=O)[C@@H]3[C@@H](O)CCN3C(=O)[C@H]([C@@H](O)CC(N)=O)NC2=O)ccc1O. The molecule has 3 aliphatic rings. The summed E-state index contributed by atoms with van der Waals surface area (Å²) >= 11 is 0. The van der Waals surface area contributed by atoms with Gasteiger partial charge in [-0.3, -0.25) is 38.4 Å². The number of fused-ring (bicyclic) bond motifs is 2. The first kappa shape index (κ1) is 62.8. The van der Waals surface area contributed by atoms with Gasteiger partial charge in [0.05, 0.1) is 43.0 Å². The Bertz CT molecular complexity index is 2160. The predicted octanol–water partition coefficient (Wildman–Crippen LogP) is -1.42. The third-order valence-corrected chi connectivity index (χ3v) is 14.6. The third-order valence-electron chi connectivity index (χ3n) is 14.6. The molecule has 14 N–H and O–H groups in total. The summed E-state index contributed by atoms with van der Waals surface area (Å²) < 4.78 is 0. The Labute approximate surface area is 444 Å². The molecule has 14 atom stereocenters. The van der Waals surface area contributed by atoms with Gasteiger partial charge in [-0.15, -0.1) is 6.58 Å². The second kappa shape index (κ2) is 30.3. The molecule has 23 heteroatoms. The first-order chi connectivity index (χ1) is 35.9. The van der Waals surface area contributed by atoms with E-state index in [0.717, 1.165) is 54.7 Å². The Balaban J connectivity index is 1.67. The Hall–Kier alpha value is -5.72. The van der Waals surface area contributed by atoms with Crippen molar-refractivity contribution in [3.05, 3.63) is 42.0 Å². The molecule has 0 aromatic heterocycles. The summed E-state index contributed by atoms with van der Waals surface area (Å²) in [4.78, 5) is 113. The summed E-state index contributed by atoms with van der Waals surface area (Å²) in [6.45, 7) is 10.1. The smallest absolute Gasteiger partial charge is 0.248 e. The lowest BCUT2D eigenvalue weighted by Gasteiger charge is -2.33. The zero-order chi connectivity index (χ0) is 56.4. The van der Waals surface area contributed by atoms with Crippen LogP contribution in [0.2, 0.25) is 0 Å². The standard InChI is InChI=1S/C53H84N8O15/c1-6-14-33-22-32(17-18-38(33)65)23-40(67)45-50(73)59-46(41(68)26-42(54)69)53(76)60-20-19-39(66)47(60)51(74)55-27-34(63)24-36(56-43(70)16-13-11-9-8-10-12-15-30(4)21-29(3)7-2)48(71)57-44(31(5)62)52(75)61-28-35(64)25-37(61)49(72)58-45/h6,17-18,22,29-31,34-37,39-41,44-47,62-68H,1,7-16,19-21,23-28H2,2-5H3,(H2,54,69)(H,55,74)(H,56,70)(H,57,71)(H,58,72)(H,59,73)/t29?,30?,31-,34+,35+,36?,37-,39-,40+,41-,44-,45-,46-,47-/m0/s1. The van der Waals surface area contributed by atoms with Crippen molar-refractivity contribution in [2.45, 2.75) is 203 Å². The van der Waals surface area contributed by atoms with Crippen LogP contribution >= 0.6 is 0 Å². The van der Waals surface area contributed by atoms with E-state index in [4.69, 9.17) is 5.73 Å². The summed E-state index contributed by atoms with van der Waals surface area (Å²) in [6.07, 6.45) is -2.13. The van der Waals surface area contributed by atoms with Crippen LogP contribution in [0.1, 0.15) is 129 Å². The number of carbonyl (C=O) groups excluding carboxylic acids is 8. The van der Waals surface area contributed by atoms with Crippen molar-refractivity contribution < 1.29 is 74.1 Å². The second-order valence-electron chi connectivity index (χ2n) is 21.2. The molecule has 3 fully saturated rings. The molecule has 3 aliphatic heterocycles. The number of aliphatic hydroxyl groups is 6. The normalized spacial score (nSPS) is 27.3. The number of phenols is 1. The van der Waals surface area contributed by atoms with Crippen molar-refractivity contribution in [2.24, 2.45) is 17.6 Å². The Morgan fingerprint density at radius 1 is 0.803 bits per heavy atom. The monoisotopic (exact) mass is 1070 g/mol. The molecular weight excluding hydrogens is 989 g/mol. The number of carbonyl (C=O) groups is 8. The topological polar surface area (TPSA) is 371 Å². The number of hydrogen-bond acceptors (Lipinski definition) is 15. The first-order valence-corrected chi connectivity index (χ1v) is 26.8. The van der Waals surface area contributed by atoms with Crippen molar-refractivity contribution in [2.75, 3.05) is 19.6 Å². The highest BCUT2D eigenvalue weighted by Gasteiger charge is 2.48. The lowest BCUT2D eigenvalue weighted by Crippen LogP contribution is -2.64. The summed E-state index contributed by atoms with van der Waals surface area (Å²) in [5, 5.41) is 89.8. The van der Waals surface area contributed by atoms with Crippen LogP contribution in [0.5, 0.6) is 5.75 Å². The van der Waals surface area contributed by atoms with Gasteiger partial charge in [-0.2, -0.15) is 0 Å². The molecule has 0 radical (unpaired) electrons. The number of nitrogens with two attached hydrogens (primary N) is 1. The second-order valence-corrected chi connectivity index (χ2v) is 21.2. The van der Waals surface area contributed by atoms with E-state index in [1.165, 1.54) is 37.6 Å². The fourth-order valence-corrected chi connectivity index (χ4v) is 10.2. The molecule has 3 saturated heterocycles. The molecule has 426 valence electrons. The highest BCUT2D eigenvalue weighted by molar-refractivity contribution is 5.98. The fourth-order valence-electron chi connectivity index (χ4n) is 10.2. The van der Waals surface area contributed by atoms with E-state index < -0.39 is 159 Å². The van der Waals surface area contributed by atoms with E-state index in [9.17, 15) is 74.1 Å². The van der Waals surface area contributed by atoms with Crippen LogP contribution in [0.25, 0.3) is 0 Å². The van der Waals surface area contributed by atoms with Crippen molar-refractivity contribution in [1.29, 1.82) is 0 Å². The number of nitrogens with one attached hydrogen (secondary N) is 5. The number of rotatable bonds is 22. The van der Waals surface area contributed by atoms with E-state index in [-0.39, 0.29) is 31.6 Å². The Morgan fingerprint density at radius 2 is 1.45 bits per heavy atom. The van der Waals surface area contributed by atoms with E-state index >= 15 is 0 Å². The van der Waals surface area contributed by atoms with Crippen LogP contribution in [0.4, 0.5) is 0 Å². The van der Waals surface area contributed by atoms with Crippen molar-refractivity contribution in [3.8, 4) is 5.75 Å². The number of primary amides is 1. The molecule has 0 saturated carbocycles. The Morgan fingerprint density at radius 3 is 2.11 bits per heavy atom. The molecule has 8 amide bonds. The average Bonchev–Trinajstić information content (AvgIpc) is 3.95. The number of aromatic hydroxyl groups is 1. The molecule has 0 aliphatic carbocycles. The lowest BCUT2D eigenvalue weighted by atomic mass is 9.91. The molecule has 4 rings (SSSR count). The quantitative estimate of drug-likeness (QED) is 0.0468. The van der Waals surface area contributed by atoms with Crippen LogP contribution < -0.4 is 32.3 Å². The molecule has 3 unspecified atom stereocenters. The van der Waals surface area contributed by atoms with Gasteiger partial charge in [0.2, 0.25) is 47.3 Å². The van der Waals surface area contributed by atoms with E-state index in [1.54, 1.807) is 0 Å². The number of allylic oxidation sites excluding steroid dienone is 1. The van der Waals surface area contributed by atoms with Gasteiger partial charge < -0.3 is 77.9 Å². The summed E-state index contributed by atoms with van der Waals surface area (Å²) in [5.74, 6) is -7.23. The molecule has 1 aromatic carbocycles. The number of β-amino-alcohol motifs (C(OH)–C–C–N with tert-alkyl or cyclic N) is 1. The van der Waals surface area contributed by atoms with Gasteiger partial charge in [-0.1, -0.05) is 83.9 Å². The molecule has 1 aromatic rings.